The summed E-state index contributed by atoms with van der Waals surface area (Å²) in [5, 5.41) is 1.27. The van der Waals surface area contributed by atoms with E-state index in [-0.39, 0.29) is 6.61 Å². The fraction of sp³-hybridized carbons (Fsp3) is 0.357. The van der Waals surface area contributed by atoms with Crippen LogP contribution in [-0.4, -0.2) is 27.5 Å². The van der Waals surface area contributed by atoms with Gasteiger partial charge in [0.1, 0.15) is 6.61 Å². The Hall–Kier alpha value is -1.39. The smallest absolute Gasteiger partial charge is 0.330 e. The van der Waals surface area contributed by atoms with Crippen molar-refractivity contribution in [3.05, 3.63) is 43.0 Å². The molecule has 0 radical (unpaired) electrons. The molecule has 0 saturated carbocycles. The van der Waals surface area contributed by atoms with Crippen molar-refractivity contribution in [2.24, 2.45) is 0 Å². The molecule has 1 aromatic carbocycles. The standard InChI is InChI=1S/C14H20O3Si/c1-4-14(15)16-11-12-17-18(3,5-2)13-9-7-6-8-10-13/h4,6-10H,1,5,11-12H2,2-3H3. The Kier molecular flexibility index (Phi) is 5.81. The number of carbonyl (C=O) groups excluding carboxylic acids is 1. The molecule has 0 aromatic heterocycles. The van der Waals surface area contributed by atoms with E-state index in [9.17, 15) is 4.79 Å². The fourth-order valence-electron chi connectivity index (χ4n) is 1.65. The summed E-state index contributed by atoms with van der Waals surface area (Å²) in [5.74, 6) is -0.404. The van der Waals surface area contributed by atoms with Crippen molar-refractivity contribution in [3.63, 3.8) is 0 Å². The van der Waals surface area contributed by atoms with Gasteiger partial charge in [0.05, 0.1) is 6.61 Å². The Labute approximate surface area is 110 Å². The largest absolute Gasteiger partial charge is 0.460 e. The molecule has 0 aliphatic rings. The third-order valence-electron chi connectivity index (χ3n) is 2.97. The summed E-state index contributed by atoms with van der Waals surface area (Å²) >= 11 is 0. The first-order valence-corrected chi connectivity index (χ1v) is 8.72. The Morgan fingerprint density at radius 3 is 2.56 bits per heavy atom. The number of carbonyl (C=O) groups is 1. The first-order chi connectivity index (χ1) is 8.62. The van der Waals surface area contributed by atoms with E-state index in [0.29, 0.717) is 6.61 Å². The number of rotatable bonds is 7. The molecular weight excluding hydrogens is 244 g/mol. The molecule has 0 N–H and O–H groups in total. The molecule has 0 saturated heterocycles. The Morgan fingerprint density at radius 1 is 1.33 bits per heavy atom. The summed E-state index contributed by atoms with van der Waals surface area (Å²) in [4.78, 5) is 10.9. The van der Waals surface area contributed by atoms with Gasteiger partial charge in [-0.25, -0.2) is 4.79 Å². The molecule has 1 atom stereocenters. The Balaban J connectivity index is 2.51. The topological polar surface area (TPSA) is 35.5 Å². The normalized spacial score (nSPS) is 13.7. The van der Waals surface area contributed by atoms with Gasteiger partial charge in [0.15, 0.2) is 0 Å². The molecule has 4 heteroatoms. The molecule has 1 unspecified atom stereocenters. The molecule has 1 rings (SSSR count). The van der Waals surface area contributed by atoms with Gasteiger partial charge in [0, 0.05) is 6.08 Å². The molecule has 3 nitrogen and oxygen atoms in total. The van der Waals surface area contributed by atoms with E-state index >= 15 is 0 Å². The van der Waals surface area contributed by atoms with Crippen molar-refractivity contribution in [2.75, 3.05) is 13.2 Å². The summed E-state index contributed by atoms with van der Waals surface area (Å²) in [7, 11) is -1.90. The average Bonchev–Trinajstić information content (AvgIpc) is 2.44. The number of esters is 1. The van der Waals surface area contributed by atoms with Crippen LogP contribution in [0.3, 0.4) is 0 Å². The van der Waals surface area contributed by atoms with Crippen LogP contribution >= 0.6 is 0 Å². The summed E-state index contributed by atoms with van der Waals surface area (Å²) in [5.41, 5.74) is 0. The van der Waals surface area contributed by atoms with E-state index in [1.807, 2.05) is 18.2 Å². The van der Waals surface area contributed by atoms with Crippen LogP contribution in [0.2, 0.25) is 12.6 Å². The lowest BCUT2D eigenvalue weighted by molar-refractivity contribution is -0.138. The maximum Gasteiger partial charge on any atom is 0.330 e. The number of hydrogen-bond donors (Lipinski definition) is 0. The highest BCUT2D eigenvalue weighted by molar-refractivity contribution is 6.85. The predicted octanol–water partition coefficient (Wildman–Crippen LogP) is 2.23. The quantitative estimate of drug-likeness (QED) is 0.328. The molecular formula is C14H20O3Si. The maximum absolute atomic E-state index is 10.9. The minimum absolute atomic E-state index is 0.278. The highest BCUT2D eigenvalue weighted by Gasteiger charge is 2.29. The van der Waals surface area contributed by atoms with Crippen LogP contribution < -0.4 is 5.19 Å². The van der Waals surface area contributed by atoms with Crippen molar-refractivity contribution < 1.29 is 14.0 Å². The molecule has 0 spiro atoms. The lowest BCUT2D eigenvalue weighted by atomic mass is 10.4. The number of hydrogen-bond acceptors (Lipinski definition) is 3. The average molecular weight is 264 g/mol. The van der Waals surface area contributed by atoms with Gasteiger partial charge in [-0.15, -0.1) is 0 Å². The van der Waals surface area contributed by atoms with E-state index in [4.69, 9.17) is 9.16 Å². The van der Waals surface area contributed by atoms with Crippen LogP contribution in [0.15, 0.2) is 43.0 Å². The fourth-order valence-corrected chi connectivity index (χ4v) is 3.86. The predicted molar refractivity (Wildman–Crippen MR) is 75.3 cm³/mol. The van der Waals surface area contributed by atoms with Crippen LogP contribution in [0.1, 0.15) is 6.92 Å². The van der Waals surface area contributed by atoms with Gasteiger partial charge in [-0.05, 0) is 17.8 Å². The molecule has 0 bridgehead atoms. The van der Waals surface area contributed by atoms with E-state index in [1.165, 1.54) is 5.19 Å². The molecule has 0 aliphatic carbocycles. The monoisotopic (exact) mass is 264 g/mol. The van der Waals surface area contributed by atoms with Crippen LogP contribution in [0, 0.1) is 0 Å². The number of benzene rings is 1. The second-order valence-corrected chi connectivity index (χ2v) is 8.21. The highest BCUT2D eigenvalue weighted by atomic mass is 28.4. The van der Waals surface area contributed by atoms with Crippen LogP contribution in [-0.2, 0) is 14.0 Å². The van der Waals surface area contributed by atoms with Crippen molar-refractivity contribution in [1.29, 1.82) is 0 Å². The molecule has 0 fully saturated rings. The van der Waals surface area contributed by atoms with Gasteiger partial charge in [0.2, 0.25) is 8.32 Å². The Morgan fingerprint density at radius 2 is 2.00 bits per heavy atom. The molecule has 1 aromatic rings. The maximum atomic E-state index is 10.9. The first-order valence-electron chi connectivity index (χ1n) is 6.11. The third-order valence-corrected chi connectivity index (χ3v) is 6.72. The minimum atomic E-state index is -1.90. The zero-order chi connectivity index (χ0) is 13.4. The summed E-state index contributed by atoms with van der Waals surface area (Å²) in [6.45, 7) is 8.37. The summed E-state index contributed by atoms with van der Waals surface area (Å²) in [6.07, 6.45) is 1.16. The minimum Gasteiger partial charge on any atom is -0.460 e. The van der Waals surface area contributed by atoms with Crippen LogP contribution in [0.4, 0.5) is 0 Å². The molecule has 98 valence electrons. The van der Waals surface area contributed by atoms with E-state index in [0.717, 1.165) is 12.1 Å². The van der Waals surface area contributed by atoms with Gasteiger partial charge >= 0.3 is 5.97 Å². The van der Waals surface area contributed by atoms with Crippen molar-refractivity contribution in [2.45, 2.75) is 19.5 Å². The Bertz CT molecular complexity index is 391. The van der Waals surface area contributed by atoms with Crippen molar-refractivity contribution >= 4 is 19.5 Å². The van der Waals surface area contributed by atoms with E-state index in [1.54, 1.807) is 0 Å². The second kappa shape index (κ2) is 7.13. The SMILES string of the molecule is C=CC(=O)OCCO[Si](C)(CC)c1ccccc1. The zero-order valence-corrected chi connectivity index (χ0v) is 12.0. The lowest BCUT2D eigenvalue weighted by Crippen LogP contribution is -2.47. The zero-order valence-electron chi connectivity index (χ0n) is 11.0. The third kappa shape index (κ3) is 4.12. The van der Waals surface area contributed by atoms with Crippen molar-refractivity contribution in [1.82, 2.24) is 0 Å². The molecule has 0 aliphatic heterocycles. The van der Waals surface area contributed by atoms with Crippen molar-refractivity contribution in [3.8, 4) is 0 Å². The molecule has 0 heterocycles. The van der Waals surface area contributed by atoms with Gasteiger partial charge in [-0.2, -0.15) is 0 Å². The highest BCUT2D eigenvalue weighted by Crippen LogP contribution is 2.11. The van der Waals surface area contributed by atoms with E-state index < -0.39 is 14.3 Å². The summed E-state index contributed by atoms with van der Waals surface area (Å²) in [6, 6.07) is 11.2. The first kappa shape index (κ1) is 14.7. The van der Waals surface area contributed by atoms with Crippen LogP contribution in [0.5, 0.6) is 0 Å². The summed E-state index contributed by atoms with van der Waals surface area (Å²) < 4.78 is 10.9. The van der Waals surface area contributed by atoms with Crippen LogP contribution in [0.25, 0.3) is 0 Å². The van der Waals surface area contributed by atoms with Gasteiger partial charge in [-0.3, -0.25) is 0 Å². The molecule has 0 amide bonds. The lowest BCUT2D eigenvalue weighted by Gasteiger charge is -2.26. The van der Waals surface area contributed by atoms with Gasteiger partial charge in [-0.1, -0.05) is 43.8 Å². The number of ether oxygens (including phenoxy) is 1. The van der Waals surface area contributed by atoms with Gasteiger partial charge < -0.3 is 9.16 Å². The second-order valence-electron chi connectivity index (χ2n) is 4.17. The van der Waals surface area contributed by atoms with E-state index in [2.05, 4.69) is 32.2 Å². The van der Waals surface area contributed by atoms with Gasteiger partial charge in [0.25, 0.3) is 0 Å². The molecule has 18 heavy (non-hydrogen) atoms.